The summed E-state index contributed by atoms with van der Waals surface area (Å²) in [6.45, 7) is 2.41. The second-order valence-electron chi connectivity index (χ2n) is 4.79. The number of aromatic nitrogens is 1. The summed E-state index contributed by atoms with van der Waals surface area (Å²) in [5.41, 5.74) is 7.80. The molecule has 0 aliphatic rings. The van der Waals surface area contributed by atoms with Crippen LogP contribution in [0.3, 0.4) is 0 Å². The second-order valence-corrected chi connectivity index (χ2v) is 4.79. The van der Waals surface area contributed by atoms with Gasteiger partial charge in [0.2, 0.25) is 0 Å². The first-order chi connectivity index (χ1) is 9.08. The smallest absolute Gasteiger partial charge is 0.129 e. The van der Waals surface area contributed by atoms with E-state index < -0.39 is 0 Å². The molecule has 0 radical (unpaired) electrons. The Morgan fingerprint density at radius 1 is 1.42 bits per heavy atom. The Labute approximate surface area is 112 Å². The minimum Gasteiger partial charge on any atom is -0.350 e. The molecule has 0 aliphatic carbocycles. The van der Waals surface area contributed by atoms with Crippen molar-refractivity contribution in [3.63, 3.8) is 0 Å². The molecule has 0 spiro atoms. The van der Waals surface area contributed by atoms with Gasteiger partial charge in [-0.15, -0.1) is 0 Å². The number of hydrogen-bond donors (Lipinski definition) is 1. The Morgan fingerprint density at radius 2 is 2.21 bits per heavy atom. The van der Waals surface area contributed by atoms with E-state index in [1.165, 1.54) is 6.07 Å². The molecule has 1 heterocycles. The van der Waals surface area contributed by atoms with Gasteiger partial charge >= 0.3 is 0 Å². The van der Waals surface area contributed by atoms with Gasteiger partial charge in [-0.1, -0.05) is 6.07 Å². The maximum atomic E-state index is 13.8. The first-order valence-corrected chi connectivity index (χ1v) is 6.17. The maximum Gasteiger partial charge on any atom is 0.129 e. The van der Waals surface area contributed by atoms with Crippen LogP contribution in [-0.4, -0.2) is 10.6 Å². The molecule has 1 atom stereocenters. The molecule has 4 heteroatoms. The Hall–Kier alpha value is -2.12. The van der Waals surface area contributed by atoms with E-state index in [2.05, 4.69) is 0 Å². The Balaban J connectivity index is 2.13. The number of nitriles is 1. The third-order valence-corrected chi connectivity index (χ3v) is 2.90. The Bertz CT molecular complexity index is 608. The zero-order valence-electron chi connectivity index (χ0n) is 10.8. The summed E-state index contributed by atoms with van der Waals surface area (Å²) in [7, 11) is 0. The van der Waals surface area contributed by atoms with E-state index in [-0.39, 0.29) is 11.9 Å². The van der Waals surface area contributed by atoms with E-state index in [0.717, 1.165) is 12.0 Å². The van der Waals surface area contributed by atoms with Crippen molar-refractivity contribution in [1.82, 2.24) is 4.57 Å². The van der Waals surface area contributed by atoms with Crippen molar-refractivity contribution < 1.29 is 4.39 Å². The summed E-state index contributed by atoms with van der Waals surface area (Å²) in [5, 5.41) is 8.70. The molecule has 0 bridgehead atoms. The highest BCUT2D eigenvalue weighted by molar-refractivity contribution is 5.33. The average Bonchev–Trinajstić information content (AvgIpc) is 2.78. The predicted octanol–water partition coefficient (Wildman–Crippen LogP) is 2.44. The van der Waals surface area contributed by atoms with Crippen LogP contribution in [-0.2, 0) is 13.0 Å². The molecular formula is C15H16FN3. The summed E-state index contributed by atoms with van der Waals surface area (Å²) in [6.07, 6.45) is 4.69. The van der Waals surface area contributed by atoms with Gasteiger partial charge in [-0.05, 0) is 37.1 Å². The van der Waals surface area contributed by atoms with Gasteiger partial charge in [0.25, 0.3) is 0 Å². The van der Waals surface area contributed by atoms with E-state index in [1.54, 1.807) is 12.1 Å². The van der Waals surface area contributed by atoms with E-state index in [0.29, 0.717) is 17.7 Å². The minimum atomic E-state index is -0.346. The van der Waals surface area contributed by atoms with Crippen LogP contribution >= 0.6 is 0 Å². The van der Waals surface area contributed by atoms with Crippen LogP contribution in [0.15, 0.2) is 36.7 Å². The van der Waals surface area contributed by atoms with Gasteiger partial charge in [-0.2, -0.15) is 5.26 Å². The van der Waals surface area contributed by atoms with E-state index in [9.17, 15) is 4.39 Å². The fourth-order valence-corrected chi connectivity index (χ4v) is 2.02. The van der Waals surface area contributed by atoms with Crippen molar-refractivity contribution in [2.24, 2.45) is 5.73 Å². The van der Waals surface area contributed by atoms with Gasteiger partial charge in [0.15, 0.2) is 0 Å². The monoisotopic (exact) mass is 257 g/mol. The van der Waals surface area contributed by atoms with Gasteiger partial charge in [0.05, 0.1) is 11.6 Å². The quantitative estimate of drug-likeness (QED) is 0.914. The normalized spacial score (nSPS) is 12.1. The first-order valence-electron chi connectivity index (χ1n) is 6.17. The van der Waals surface area contributed by atoms with Crippen molar-refractivity contribution in [2.75, 3.05) is 0 Å². The molecule has 2 rings (SSSR count). The van der Waals surface area contributed by atoms with Crippen LogP contribution in [0, 0.1) is 17.1 Å². The van der Waals surface area contributed by atoms with Crippen molar-refractivity contribution in [2.45, 2.75) is 25.9 Å². The average molecular weight is 257 g/mol. The molecule has 0 aliphatic heterocycles. The van der Waals surface area contributed by atoms with Gasteiger partial charge < -0.3 is 10.3 Å². The summed E-state index contributed by atoms with van der Waals surface area (Å²) in [5.74, 6) is -0.346. The van der Waals surface area contributed by atoms with Crippen molar-refractivity contribution >= 4 is 0 Å². The molecule has 3 nitrogen and oxygen atoms in total. The predicted molar refractivity (Wildman–Crippen MR) is 72.0 cm³/mol. The lowest BCUT2D eigenvalue weighted by Gasteiger charge is -2.05. The molecule has 2 N–H and O–H groups in total. The van der Waals surface area contributed by atoms with Gasteiger partial charge in [-0.25, -0.2) is 4.39 Å². The number of benzene rings is 1. The summed E-state index contributed by atoms with van der Waals surface area (Å²) >= 11 is 0. The van der Waals surface area contributed by atoms with Crippen LogP contribution in [0.4, 0.5) is 4.39 Å². The van der Waals surface area contributed by atoms with Crippen molar-refractivity contribution in [3.05, 3.63) is 59.2 Å². The zero-order chi connectivity index (χ0) is 13.8. The third kappa shape index (κ3) is 3.43. The van der Waals surface area contributed by atoms with Gasteiger partial charge in [0, 0.05) is 30.5 Å². The Morgan fingerprint density at radius 3 is 2.84 bits per heavy atom. The lowest BCUT2D eigenvalue weighted by atomic mass is 10.1. The first kappa shape index (κ1) is 13.3. The molecular weight excluding hydrogens is 241 g/mol. The number of nitrogens with zero attached hydrogens (tertiary/aromatic N) is 2. The molecule has 19 heavy (non-hydrogen) atoms. The maximum absolute atomic E-state index is 13.8. The summed E-state index contributed by atoms with van der Waals surface area (Å²) in [6, 6.07) is 8.58. The minimum absolute atomic E-state index is 0.113. The molecule has 0 saturated heterocycles. The number of rotatable bonds is 4. The molecule has 2 aromatic rings. The zero-order valence-corrected chi connectivity index (χ0v) is 10.8. The molecule has 0 saturated carbocycles. The Kier molecular flexibility index (Phi) is 3.98. The topological polar surface area (TPSA) is 54.7 Å². The number of hydrogen-bond acceptors (Lipinski definition) is 2. The van der Waals surface area contributed by atoms with Gasteiger partial charge in [0.1, 0.15) is 5.82 Å². The molecule has 1 aromatic heterocycles. The van der Waals surface area contributed by atoms with E-state index in [4.69, 9.17) is 11.0 Å². The van der Waals surface area contributed by atoms with Crippen LogP contribution in [0.5, 0.6) is 0 Å². The number of nitrogens with two attached hydrogens (primary N) is 1. The highest BCUT2D eigenvalue weighted by atomic mass is 19.1. The third-order valence-electron chi connectivity index (χ3n) is 2.90. The molecule has 0 amide bonds. The standard InChI is InChI=1S/C15H16FN3/c1-11(18)6-13-4-5-19(9-13)10-14-3-2-12(8-17)7-15(14)16/h2-5,7,9,11H,6,10,18H2,1H3. The van der Waals surface area contributed by atoms with Gasteiger partial charge in [-0.3, -0.25) is 0 Å². The van der Waals surface area contributed by atoms with Crippen LogP contribution < -0.4 is 5.73 Å². The van der Waals surface area contributed by atoms with Crippen molar-refractivity contribution in [1.29, 1.82) is 5.26 Å². The summed E-state index contributed by atoms with van der Waals surface area (Å²) in [4.78, 5) is 0. The second kappa shape index (κ2) is 5.68. The molecule has 1 aromatic carbocycles. The highest BCUT2D eigenvalue weighted by Crippen LogP contribution is 2.13. The lowest BCUT2D eigenvalue weighted by molar-refractivity contribution is 0.599. The van der Waals surface area contributed by atoms with Crippen LogP contribution in [0.25, 0.3) is 0 Å². The fourth-order valence-electron chi connectivity index (χ4n) is 2.02. The summed E-state index contributed by atoms with van der Waals surface area (Å²) < 4.78 is 15.7. The van der Waals surface area contributed by atoms with Crippen LogP contribution in [0.1, 0.15) is 23.6 Å². The highest BCUT2D eigenvalue weighted by Gasteiger charge is 2.05. The van der Waals surface area contributed by atoms with Crippen LogP contribution in [0.2, 0.25) is 0 Å². The lowest BCUT2D eigenvalue weighted by Crippen LogP contribution is -2.17. The van der Waals surface area contributed by atoms with E-state index in [1.807, 2.05) is 36.0 Å². The van der Waals surface area contributed by atoms with Crippen molar-refractivity contribution in [3.8, 4) is 6.07 Å². The molecule has 1 unspecified atom stereocenters. The number of halogens is 1. The largest absolute Gasteiger partial charge is 0.350 e. The van der Waals surface area contributed by atoms with E-state index >= 15 is 0 Å². The SMILES string of the molecule is CC(N)Cc1ccn(Cc2ccc(C#N)cc2F)c1. The molecule has 98 valence electrons. The molecule has 0 fully saturated rings. The fraction of sp³-hybridized carbons (Fsp3) is 0.267.